The summed E-state index contributed by atoms with van der Waals surface area (Å²) in [5.41, 5.74) is 1.22. The molecule has 3 rings (SSSR count). The number of rotatable bonds is 5. The summed E-state index contributed by atoms with van der Waals surface area (Å²) in [6, 6.07) is 12.8. The van der Waals surface area contributed by atoms with Crippen LogP contribution in [-0.4, -0.2) is 32.8 Å². The van der Waals surface area contributed by atoms with E-state index in [1.54, 1.807) is 25.3 Å². The van der Waals surface area contributed by atoms with Gasteiger partial charge in [-0.3, -0.25) is 4.79 Å². The van der Waals surface area contributed by atoms with Crippen LogP contribution in [0.25, 0.3) is 0 Å². The zero-order valence-corrected chi connectivity index (χ0v) is 16.1. The van der Waals surface area contributed by atoms with Gasteiger partial charge in [0, 0.05) is 35.8 Å². The number of carbonyl (C=O) groups excluding carboxylic acids is 1. The Balaban J connectivity index is 1.85. The van der Waals surface area contributed by atoms with Gasteiger partial charge in [-0.1, -0.05) is 41.4 Å². The smallest absolute Gasteiger partial charge is 0.252 e. The van der Waals surface area contributed by atoms with E-state index in [1.165, 1.54) is 0 Å². The third kappa shape index (κ3) is 3.98. The fraction of sp³-hybridized carbons (Fsp3) is 0.350. The Kier molecular flexibility index (Phi) is 6.07. The van der Waals surface area contributed by atoms with Crippen molar-refractivity contribution in [3.63, 3.8) is 0 Å². The zero-order chi connectivity index (χ0) is 18.6. The van der Waals surface area contributed by atoms with E-state index in [0.29, 0.717) is 35.4 Å². The Labute approximate surface area is 163 Å². The minimum atomic E-state index is -0.244. The molecule has 1 saturated heterocycles. The maximum Gasteiger partial charge on any atom is 0.252 e. The van der Waals surface area contributed by atoms with Gasteiger partial charge in [-0.2, -0.15) is 0 Å². The van der Waals surface area contributed by atoms with Crippen molar-refractivity contribution < 1.29 is 14.3 Å². The molecular weight excluding hydrogens is 373 g/mol. The molecule has 2 aromatic rings. The average Bonchev–Trinajstić information content (AvgIpc) is 2.68. The molecule has 1 aliphatic rings. The zero-order valence-electron chi connectivity index (χ0n) is 14.6. The minimum absolute atomic E-state index is 0.238. The van der Waals surface area contributed by atoms with Gasteiger partial charge in [0.2, 0.25) is 0 Å². The summed E-state index contributed by atoms with van der Waals surface area (Å²) in [5.74, 6) is 0.586. The number of para-hydroxylation sites is 1. The highest BCUT2D eigenvalue weighted by Gasteiger charge is 2.37. The summed E-state index contributed by atoms with van der Waals surface area (Å²) in [6.07, 6.45) is 1.61. The molecule has 138 valence electrons. The fourth-order valence-electron chi connectivity index (χ4n) is 3.40. The summed E-state index contributed by atoms with van der Waals surface area (Å²) in [5, 5.41) is 3.89. The molecule has 1 amide bonds. The molecule has 0 atom stereocenters. The van der Waals surface area contributed by atoms with Gasteiger partial charge in [-0.05, 0) is 37.1 Å². The minimum Gasteiger partial charge on any atom is -0.496 e. The number of hydrogen-bond acceptors (Lipinski definition) is 3. The van der Waals surface area contributed by atoms with E-state index in [4.69, 9.17) is 32.7 Å². The van der Waals surface area contributed by atoms with Crippen LogP contribution in [0.1, 0.15) is 28.8 Å². The topological polar surface area (TPSA) is 47.6 Å². The molecule has 1 heterocycles. The molecule has 0 bridgehead atoms. The molecule has 2 aromatic carbocycles. The first-order valence-corrected chi connectivity index (χ1v) is 9.26. The van der Waals surface area contributed by atoms with Gasteiger partial charge in [0.1, 0.15) is 5.75 Å². The standard InChI is InChI=1S/C20H21Cl2NO3/c1-25-18-5-3-2-4-16(18)20(8-10-26-11-9-20)13-23-19(24)15-12-14(21)6-7-17(15)22/h2-7,12H,8-11,13H2,1H3,(H,23,24). The van der Waals surface area contributed by atoms with Crippen LogP contribution in [0.15, 0.2) is 42.5 Å². The van der Waals surface area contributed by atoms with Crippen LogP contribution in [0.3, 0.4) is 0 Å². The molecule has 0 aromatic heterocycles. The van der Waals surface area contributed by atoms with Crippen molar-refractivity contribution in [2.24, 2.45) is 0 Å². The Morgan fingerprint density at radius 3 is 2.65 bits per heavy atom. The van der Waals surface area contributed by atoms with E-state index in [9.17, 15) is 4.79 Å². The van der Waals surface area contributed by atoms with Gasteiger partial charge in [0.25, 0.3) is 5.91 Å². The lowest BCUT2D eigenvalue weighted by Crippen LogP contribution is -2.44. The van der Waals surface area contributed by atoms with Crippen LogP contribution in [0.5, 0.6) is 5.75 Å². The van der Waals surface area contributed by atoms with Crippen LogP contribution >= 0.6 is 23.2 Å². The summed E-state index contributed by atoms with van der Waals surface area (Å²) < 4.78 is 11.1. The van der Waals surface area contributed by atoms with E-state index < -0.39 is 0 Å². The van der Waals surface area contributed by atoms with E-state index >= 15 is 0 Å². The van der Waals surface area contributed by atoms with Gasteiger partial charge < -0.3 is 14.8 Å². The molecule has 1 fully saturated rings. The lowest BCUT2D eigenvalue weighted by Gasteiger charge is -2.38. The molecule has 1 N–H and O–H groups in total. The number of ether oxygens (including phenoxy) is 2. The lowest BCUT2D eigenvalue weighted by molar-refractivity contribution is 0.0479. The van der Waals surface area contributed by atoms with E-state index in [1.807, 2.05) is 18.2 Å². The van der Waals surface area contributed by atoms with E-state index in [-0.39, 0.29) is 11.3 Å². The van der Waals surface area contributed by atoms with Crippen molar-refractivity contribution in [1.82, 2.24) is 5.32 Å². The van der Waals surface area contributed by atoms with Crippen molar-refractivity contribution in [3.05, 3.63) is 63.6 Å². The average molecular weight is 394 g/mol. The number of amides is 1. The monoisotopic (exact) mass is 393 g/mol. The van der Waals surface area contributed by atoms with Gasteiger partial charge >= 0.3 is 0 Å². The normalized spacial score (nSPS) is 16.1. The van der Waals surface area contributed by atoms with Crippen molar-refractivity contribution in [2.45, 2.75) is 18.3 Å². The first kappa shape index (κ1) is 19.0. The van der Waals surface area contributed by atoms with Gasteiger partial charge in [-0.25, -0.2) is 0 Å². The van der Waals surface area contributed by atoms with E-state index in [0.717, 1.165) is 24.2 Å². The van der Waals surface area contributed by atoms with E-state index in [2.05, 4.69) is 11.4 Å². The highest BCUT2D eigenvalue weighted by molar-refractivity contribution is 6.35. The predicted molar refractivity (Wildman–Crippen MR) is 104 cm³/mol. The largest absolute Gasteiger partial charge is 0.496 e. The first-order chi connectivity index (χ1) is 12.6. The first-order valence-electron chi connectivity index (χ1n) is 8.50. The van der Waals surface area contributed by atoms with Crippen molar-refractivity contribution in [3.8, 4) is 5.75 Å². The number of benzene rings is 2. The van der Waals surface area contributed by atoms with Crippen LogP contribution in [0, 0.1) is 0 Å². The fourth-order valence-corrected chi connectivity index (χ4v) is 3.78. The molecule has 0 radical (unpaired) electrons. The quantitative estimate of drug-likeness (QED) is 0.814. The van der Waals surface area contributed by atoms with Gasteiger partial charge in [0.15, 0.2) is 0 Å². The molecular formula is C20H21Cl2NO3. The summed E-state index contributed by atoms with van der Waals surface area (Å²) in [6.45, 7) is 1.76. The second-order valence-corrected chi connectivity index (χ2v) is 7.24. The number of hydrogen-bond donors (Lipinski definition) is 1. The lowest BCUT2D eigenvalue weighted by atomic mass is 9.73. The molecule has 0 saturated carbocycles. The molecule has 1 aliphatic heterocycles. The number of methoxy groups -OCH3 is 1. The second kappa shape index (κ2) is 8.30. The van der Waals surface area contributed by atoms with Gasteiger partial charge in [0.05, 0.1) is 17.7 Å². The Hall–Kier alpha value is -1.75. The number of carbonyl (C=O) groups is 1. The molecule has 0 aliphatic carbocycles. The maximum atomic E-state index is 12.7. The SMILES string of the molecule is COc1ccccc1C1(CNC(=O)c2cc(Cl)ccc2Cl)CCOCC1. The Morgan fingerprint density at radius 2 is 1.92 bits per heavy atom. The highest BCUT2D eigenvalue weighted by Crippen LogP contribution is 2.39. The summed E-state index contributed by atoms with van der Waals surface area (Å²) in [7, 11) is 1.66. The third-order valence-electron chi connectivity index (χ3n) is 4.89. The van der Waals surface area contributed by atoms with Crippen molar-refractivity contribution >= 4 is 29.1 Å². The molecule has 26 heavy (non-hydrogen) atoms. The van der Waals surface area contributed by atoms with Crippen molar-refractivity contribution in [1.29, 1.82) is 0 Å². The van der Waals surface area contributed by atoms with Crippen LogP contribution in [0.2, 0.25) is 10.0 Å². The summed E-state index contributed by atoms with van der Waals surface area (Å²) in [4.78, 5) is 12.7. The maximum absolute atomic E-state index is 12.7. The molecule has 4 nitrogen and oxygen atoms in total. The summed E-state index contributed by atoms with van der Waals surface area (Å²) >= 11 is 12.2. The second-order valence-electron chi connectivity index (χ2n) is 6.40. The highest BCUT2D eigenvalue weighted by atomic mass is 35.5. The predicted octanol–water partition coefficient (Wildman–Crippen LogP) is 4.48. The van der Waals surface area contributed by atoms with Crippen LogP contribution in [-0.2, 0) is 10.2 Å². The molecule has 6 heteroatoms. The van der Waals surface area contributed by atoms with Crippen LogP contribution < -0.4 is 10.1 Å². The Bertz CT molecular complexity index is 788. The van der Waals surface area contributed by atoms with Crippen LogP contribution in [0.4, 0.5) is 0 Å². The molecule has 0 unspecified atom stereocenters. The Morgan fingerprint density at radius 1 is 1.19 bits per heavy atom. The van der Waals surface area contributed by atoms with Gasteiger partial charge in [-0.15, -0.1) is 0 Å². The number of halogens is 2. The van der Waals surface area contributed by atoms with Crippen molar-refractivity contribution in [2.75, 3.05) is 26.9 Å². The third-order valence-corrected chi connectivity index (χ3v) is 5.45. The number of nitrogens with one attached hydrogen (secondary N) is 1. The molecule has 0 spiro atoms.